The number of rotatable bonds is 6. The van der Waals surface area contributed by atoms with Crippen molar-refractivity contribution in [1.82, 2.24) is 10.2 Å². The van der Waals surface area contributed by atoms with Gasteiger partial charge in [-0.05, 0) is 29.8 Å². The third-order valence-electron chi connectivity index (χ3n) is 3.86. The van der Waals surface area contributed by atoms with Crippen molar-refractivity contribution in [1.29, 1.82) is 0 Å². The lowest BCUT2D eigenvalue weighted by Crippen LogP contribution is -2.27. The number of benzene rings is 2. The van der Waals surface area contributed by atoms with Gasteiger partial charge in [0.15, 0.2) is 0 Å². The van der Waals surface area contributed by atoms with Crippen LogP contribution in [0, 0.1) is 0 Å². The minimum atomic E-state index is -0.235. The predicted octanol–water partition coefficient (Wildman–Crippen LogP) is 5.89. The second-order valence-corrected chi connectivity index (χ2v) is 7.34. The maximum absolute atomic E-state index is 6.38. The summed E-state index contributed by atoms with van der Waals surface area (Å²) in [5.41, 5.74) is 1.76. The van der Waals surface area contributed by atoms with Gasteiger partial charge >= 0.3 is 0 Å². The molecule has 0 aliphatic carbocycles. The van der Waals surface area contributed by atoms with Crippen LogP contribution in [0.2, 0.25) is 20.1 Å². The molecule has 0 bridgehead atoms. The molecule has 0 saturated carbocycles. The van der Waals surface area contributed by atoms with Crippen LogP contribution in [0.5, 0.6) is 0 Å². The Kier molecular flexibility index (Phi) is 6.37. The summed E-state index contributed by atoms with van der Waals surface area (Å²) in [6.07, 6.45) is 3.65. The highest BCUT2D eigenvalue weighted by atomic mass is 35.5. The van der Waals surface area contributed by atoms with Gasteiger partial charge in [-0.15, -0.1) is 0 Å². The molecule has 0 saturated heterocycles. The summed E-state index contributed by atoms with van der Waals surface area (Å²) in [6.45, 7) is 1.73. The Balaban J connectivity index is 1.79. The molecule has 132 valence electrons. The van der Waals surface area contributed by atoms with E-state index in [4.69, 9.17) is 51.1 Å². The first-order chi connectivity index (χ1) is 12.0. The van der Waals surface area contributed by atoms with E-state index in [0.717, 1.165) is 17.8 Å². The summed E-state index contributed by atoms with van der Waals surface area (Å²) < 4.78 is 6.16. The zero-order valence-electron chi connectivity index (χ0n) is 13.2. The van der Waals surface area contributed by atoms with Gasteiger partial charge in [0.1, 0.15) is 6.10 Å². The fourth-order valence-electron chi connectivity index (χ4n) is 2.55. The standard InChI is InChI=1S/C18H16Cl4N2O/c19-13-2-1-12(16(21)7-13)10-25-18(9-24-6-5-23-11-24)15-4-3-14(20)8-17(15)22/h1-8,18,23H,9-11H2/t18-/m0/s1. The van der Waals surface area contributed by atoms with E-state index in [1.807, 2.05) is 30.6 Å². The molecule has 0 radical (unpaired) electrons. The largest absolute Gasteiger partial charge is 0.373 e. The van der Waals surface area contributed by atoms with Crippen LogP contribution in [-0.2, 0) is 11.3 Å². The molecular formula is C18H16Cl4N2O. The summed E-state index contributed by atoms with van der Waals surface area (Å²) in [4.78, 5) is 2.11. The maximum atomic E-state index is 6.38. The van der Waals surface area contributed by atoms with Crippen molar-refractivity contribution >= 4 is 46.4 Å². The van der Waals surface area contributed by atoms with Crippen LogP contribution < -0.4 is 5.32 Å². The second kappa shape index (κ2) is 8.52. The number of hydrogen-bond acceptors (Lipinski definition) is 3. The lowest BCUT2D eigenvalue weighted by Gasteiger charge is -2.25. The van der Waals surface area contributed by atoms with E-state index < -0.39 is 0 Å². The summed E-state index contributed by atoms with van der Waals surface area (Å²) in [5, 5.41) is 5.49. The molecule has 1 aliphatic rings. The third-order valence-corrected chi connectivity index (χ3v) is 5.01. The molecule has 0 unspecified atom stereocenters. The van der Waals surface area contributed by atoms with Crippen LogP contribution in [0.25, 0.3) is 0 Å². The summed E-state index contributed by atoms with van der Waals surface area (Å²) in [5.74, 6) is 0. The quantitative estimate of drug-likeness (QED) is 0.633. The minimum Gasteiger partial charge on any atom is -0.373 e. The van der Waals surface area contributed by atoms with Crippen molar-refractivity contribution in [2.24, 2.45) is 0 Å². The Hall–Kier alpha value is -1.10. The lowest BCUT2D eigenvalue weighted by atomic mass is 10.1. The highest BCUT2D eigenvalue weighted by Gasteiger charge is 2.20. The molecule has 0 amide bonds. The number of ether oxygens (including phenoxy) is 1. The molecular weight excluding hydrogens is 402 g/mol. The second-order valence-electron chi connectivity index (χ2n) is 5.65. The molecule has 0 spiro atoms. The molecule has 3 rings (SSSR count). The van der Waals surface area contributed by atoms with Crippen molar-refractivity contribution in [3.05, 3.63) is 80.0 Å². The Morgan fingerprint density at radius 3 is 2.36 bits per heavy atom. The molecule has 1 atom stereocenters. The average Bonchev–Trinajstić information content (AvgIpc) is 3.06. The minimum absolute atomic E-state index is 0.235. The van der Waals surface area contributed by atoms with E-state index in [9.17, 15) is 0 Å². The van der Waals surface area contributed by atoms with Crippen LogP contribution in [0.1, 0.15) is 17.2 Å². The first-order valence-corrected chi connectivity index (χ1v) is 9.18. The number of hydrogen-bond donors (Lipinski definition) is 1. The number of nitrogens with one attached hydrogen (secondary N) is 1. The highest BCUT2D eigenvalue weighted by Crippen LogP contribution is 2.31. The molecule has 7 heteroatoms. The SMILES string of the molecule is Clc1ccc(CO[C@@H](CN2C=CNC2)c2ccc(Cl)cc2Cl)c(Cl)c1. The van der Waals surface area contributed by atoms with Gasteiger partial charge in [0.2, 0.25) is 0 Å². The molecule has 1 aliphatic heterocycles. The van der Waals surface area contributed by atoms with E-state index in [-0.39, 0.29) is 6.10 Å². The van der Waals surface area contributed by atoms with E-state index >= 15 is 0 Å². The van der Waals surface area contributed by atoms with Crippen LogP contribution in [-0.4, -0.2) is 18.1 Å². The van der Waals surface area contributed by atoms with Crippen molar-refractivity contribution in [3.63, 3.8) is 0 Å². The normalized spacial score (nSPS) is 14.6. The smallest absolute Gasteiger partial charge is 0.102 e. The molecule has 0 fully saturated rings. The summed E-state index contributed by atoms with van der Waals surface area (Å²) >= 11 is 24.6. The van der Waals surface area contributed by atoms with Crippen molar-refractivity contribution in [3.8, 4) is 0 Å². The van der Waals surface area contributed by atoms with E-state index in [2.05, 4.69) is 10.2 Å². The van der Waals surface area contributed by atoms with Gasteiger partial charge in [-0.3, -0.25) is 0 Å². The fourth-order valence-corrected chi connectivity index (χ4v) is 3.54. The average molecular weight is 418 g/mol. The molecule has 3 nitrogen and oxygen atoms in total. The van der Waals surface area contributed by atoms with Gasteiger partial charge < -0.3 is 15.0 Å². The van der Waals surface area contributed by atoms with Crippen molar-refractivity contribution in [2.75, 3.05) is 13.2 Å². The monoisotopic (exact) mass is 416 g/mol. The van der Waals surface area contributed by atoms with E-state index in [0.29, 0.717) is 33.2 Å². The van der Waals surface area contributed by atoms with E-state index in [1.165, 1.54) is 0 Å². The zero-order valence-corrected chi connectivity index (χ0v) is 16.2. The lowest BCUT2D eigenvalue weighted by molar-refractivity contribution is 0.0233. The number of nitrogens with zero attached hydrogens (tertiary/aromatic N) is 1. The van der Waals surface area contributed by atoms with Crippen LogP contribution in [0.3, 0.4) is 0 Å². The summed E-state index contributed by atoms with van der Waals surface area (Å²) in [7, 11) is 0. The van der Waals surface area contributed by atoms with Gasteiger partial charge in [-0.25, -0.2) is 0 Å². The van der Waals surface area contributed by atoms with Gasteiger partial charge in [-0.2, -0.15) is 0 Å². The predicted molar refractivity (Wildman–Crippen MR) is 104 cm³/mol. The first kappa shape index (κ1) is 18.7. The fraction of sp³-hybridized carbons (Fsp3) is 0.222. The topological polar surface area (TPSA) is 24.5 Å². The number of halogens is 4. The molecule has 0 aromatic heterocycles. The molecule has 2 aromatic carbocycles. The van der Waals surface area contributed by atoms with Crippen LogP contribution in [0.4, 0.5) is 0 Å². The molecule has 2 aromatic rings. The van der Waals surface area contributed by atoms with Gasteiger partial charge in [-0.1, -0.05) is 58.5 Å². The van der Waals surface area contributed by atoms with Gasteiger partial charge in [0.25, 0.3) is 0 Å². The maximum Gasteiger partial charge on any atom is 0.102 e. The van der Waals surface area contributed by atoms with Gasteiger partial charge in [0, 0.05) is 44.6 Å². The molecule has 1 N–H and O–H groups in total. The van der Waals surface area contributed by atoms with Crippen molar-refractivity contribution in [2.45, 2.75) is 12.7 Å². The zero-order chi connectivity index (χ0) is 17.8. The Morgan fingerprint density at radius 2 is 1.72 bits per heavy atom. The van der Waals surface area contributed by atoms with E-state index in [1.54, 1.807) is 18.2 Å². The van der Waals surface area contributed by atoms with Crippen molar-refractivity contribution < 1.29 is 4.74 Å². The van der Waals surface area contributed by atoms with Gasteiger partial charge in [0.05, 0.1) is 13.3 Å². The Labute approximate surface area is 167 Å². The first-order valence-electron chi connectivity index (χ1n) is 7.67. The Morgan fingerprint density at radius 1 is 1.00 bits per heavy atom. The third kappa shape index (κ3) is 4.96. The molecule has 25 heavy (non-hydrogen) atoms. The summed E-state index contributed by atoms with van der Waals surface area (Å²) in [6, 6.07) is 10.8. The van der Waals surface area contributed by atoms with Crippen LogP contribution in [0.15, 0.2) is 48.8 Å². The highest BCUT2D eigenvalue weighted by molar-refractivity contribution is 6.35. The van der Waals surface area contributed by atoms with Crippen LogP contribution >= 0.6 is 46.4 Å². The Bertz CT molecular complexity index is 782. The molecule has 1 heterocycles.